The molecule has 1 aliphatic carbocycles. The maximum Gasteiger partial charge on any atom is 0.0215 e. The molecule has 0 radical (unpaired) electrons. The van der Waals surface area contributed by atoms with Crippen LogP contribution in [0.1, 0.15) is 128 Å². The quantitative estimate of drug-likeness (QED) is 0.152. The molecule has 0 aliphatic heterocycles. The van der Waals surface area contributed by atoms with Gasteiger partial charge in [0.2, 0.25) is 0 Å². The molecule has 0 heterocycles. The molecule has 39 heavy (non-hydrogen) atoms. The predicted octanol–water partition coefficient (Wildman–Crippen LogP) is 11.9. The number of unbranched alkanes of at least 4 members (excludes halogenated alkanes) is 2. The number of rotatable bonds is 16. The maximum atomic E-state index is 3.87. The molecule has 0 heteroatoms. The van der Waals surface area contributed by atoms with Crippen molar-refractivity contribution in [1.82, 2.24) is 0 Å². The van der Waals surface area contributed by atoms with Gasteiger partial charge in [-0.1, -0.05) is 128 Å². The van der Waals surface area contributed by atoms with Crippen LogP contribution in [0.4, 0.5) is 0 Å². The summed E-state index contributed by atoms with van der Waals surface area (Å²) in [7, 11) is 0. The molecule has 0 atom stereocenters. The lowest BCUT2D eigenvalue weighted by molar-refractivity contribution is 0.410. The second-order valence-corrected chi connectivity index (χ2v) is 12.3. The Morgan fingerprint density at radius 2 is 1.03 bits per heavy atom. The number of hydrogen-bond acceptors (Lipinski definition) is 0. The summed E-state index contributed by atoms with van der Waals surface area (Å²) >= 11 is 0. The molecular weight excluding hydrogens is 468 g/mol. The van der Waals surface area contributed by atoms with Gasteiger partial charge < -0.3 is 0 Å². The highest BCUT2D eigenvalue weighted by atomic mass is 14.5. The van der Waals surface area contributed by atoms with Crippen molar-refractivity contribution in [2.24, 2.45) is 0 Å². The van der Waals surface area contributed by atoms with Crippen LogP contribution in [0.5, 0.6) is 0 Å². The SMILES string of the molecule is C=C/C=C\CCCC1(CCC/C=C\C=C)c2cc(C(C)(CC)CC)ccc2-c2ccc(C(C)(CC)CC)cc21. The maximum absolute atomic E-state index is 3.87. The van der Waals surface area contributed by atoms with E-state index in [1.54, 1.807) is 11.1 Å². The molecule has 3 rings (SSSR count). The monoisotopic (exact) mass is 522 g/mol. The van der Waals surface area contributed by atoms with E-state index in [4.69, 9.17) is 0 Å². The Hall–Kier alpha value is -2.60. The largest absolute Gasteiger partial charge is 0.0991 e. The van der Waals surface area contributed by atoms with E-state index in [-0.39, 0.29) is 16.2 Å². The Kier molecular flexibility index (Phi) is 10.8. The molecule has 0 bridgehead atoms. The number of hydrogen-bond donors (Lipinski definition) is 0. The third-order valence-electron chi connectivity index (χ3n) is 10.4. The van der Waals surface area contributed by atoms with Gasteiger partial charge in [0, 0.05) is 5.41 Å². The van der Waals surface area contributed by atoms with Gasteiger partial charge in [0.25, 0.3) is 0 Å². The summed E-state index contributed by atoms with van der Waals surface area (Å²) < 4.78 is 0. The Labute approximate surface area is 241 Å². The fourth-order valence-corrected chi connectivity index (χ4v) is 6.65. The molecule has 0 N–H and O–H groups in total. The Morgan fingerprint density at radius 3 is 1.36 bits per heavy atom. The standard InChI is InChI=1S/C39H54/c1-9-15-17-19-21-27-39(28-22-20-18-16-10-2)35-29-31(37(7,11-3)12-4)23-25-33(35)34-26-24-32(30-36(34)39)38(8,13-5)14-6/h9-10,15-18,23-26,29-30H,1-2,11-14,19-22,27-28H2,3-8H3/b17-15-,18-16-. The molecule has 2 aromatic carbocycles. The molecule has 0 saturated heterocycles. The second kappa shape index (κ2) is 13.6. The van der Waals surface area contributed by atoms with E-state index in [1.165, 1.54) is 47.9 Å². The predicted molar refractivity (Wildman–Crippen MR) is 175 cm³/mol. The third kappa shape index (κ3) is 6.26. The number of benzene rings is 2. The summed E-state index contributed by atoms with van der Waals surface area (Å²) in [5, 5.41) is 0. The lowest BCUT2D eigenvalue weighted by atomic mass is 9.68. The van der Waals surface area contributed by atoms with Gasteiger partial charge in [0.1, 0.15) is 0 Å². The zero-order valence-corrected chi connectivity index (χ0v) is 25.9. The van der Waals surface area contributed by atoms with E-state index < -0.39 is 0 Å². The van der Waals surface area contributed by atoms with Crippen LogP contribution in [0.15, 0.2) is 86.0 Å². The summed E-state index contributed by atoms with van der Waals surface area (Å²) in [4.78, 5) is 0. The molecule has 0 fully saturated rings. The van der Waals surface area contributed by atoms with Gasteiger partial charge in [-0.2, -0.15) is 0 Å². The Morgan fingerprint density at radius 1 is 0.641 bits per heavy atom. The highest BCUT2D eigenvalue weighted by Crippen LogP contribution is 2.56. The second-order valence-electron chi connectivity index (χ2n) is 12.3. The number of allylic oxidation sites excluding steroid dienone is 6. The smallest absolute Gasteiger partial charge is 0.0215 e. The average Bonchev–Trinajstić information content (AvgIpc) is 3.24. The van der Waals surface area contributed by atoms with Crippen molar-refractivity contribution in [1.29, 1.82) is 0 Å². The molecule has 0 unspecified atom stereocenters. The summed E-state index contributed by atoms with van der Waals surface area (Å²) in [6.45, 7) is 22.0. The van der Waals surface area contributed by atoms with Crippen molar-refractivity contribution in [2.75, 3.05) is 0 Å². The summed E-state index contributed by atoms with van der Waals surface area (Å²) in [6.07, 6.45) is 24.1. The molecule has 2 aromatic rings. The minimum Gasteiger partial charge on any atom is -0.0991 e. The van der Waals surface area contributed by atoms with Crippen molar-refractivity contribution in [2.45, 2.75) is 122 Å². The lowest BCUT2D eigenvalue weighted by Crippen LogP contribution is -2.28. The van der Waals surface area contributed by atoms with E-state index in [1.807, 2.05) is 12.2 Å². The van der Waals surface area contributed by atoms with E-state index in [2.05, 4.69) is 115 Å². The van der Waals surface area contributed by atoms with Gasteiger partial charge in [-0.3, -0.25) is 0 Å². The fourth-order valence-electron chi connectivity index (χ4n) is 6.65. The van der Waals surface area contributed by atoms with Crippen molar-refractivity contribution in [3.05, 3.63) is 108 Å². The van der Waals surface area contributed by atoms with E-state index in [9.17, 15) is 0 Å². The zero-order valence-electron chi connectivity index (χ0n) is 25.9. The molecule has 1 aliphatic rings. The van der Waals surface area contributed by atoms with Crippen LogP contribution in [0.3, 0.4) is 0 Å². The van der Waals surface area contributed by atoms with Crippen LogP contribution in [0.25, 0.3) is 11.1 Å². The van der Waals surface area contributed by atoms with Crippen molar-refractivity contribution >= 4 is 0 Å². The molecule has 0 saturated carbocycles. The number of fused-ring (bicyclic) bond motifs is 3. The fraction of sp³-hybridized carbons (Fsp3) is 0.487. The van der Waals surface area contributed by atoms with Gasteiger partial charge in [-0.05, 0) is 108 Å². The summed E-state index contributed by atoms with van der Waals surface area (Å²) in [6, 6.07) is 15.0. The molecule has 0 amide bonds. The van der Waals surface area contributed by atoms with Crippen LogP contribution in [0, 0.1) is 0 Å². The van der Waals surface area contributed by atoms with E-state index >= 15 is 0 Å². The van der Waals surface area contributed by atoms with Crippen LogP contribution >= 0.6 is 0 Å². The molecule has 0 spiro atoms. The molecular formula is C39H54. The Bertz CT molecular complexity index is 1070. The molecule has 210 valence electrons. The minimum absolute atomic E-state index is 0.0471. The Balaban J connectivity index is 2.24. The summed E-state index contributed by atoms with van der Waals surface area (Å²) in [5.41, 5.74) is 9.58. The van der Waals surface area contributed by atoms with Crippen molar-refractivity contribution in [3.63, 3.8) is 0 Å². The normalized spacial score (nSPS) is 14.6. The van der Waals surface area contributed by atoms with Crippen molar-refractivity contribution in [3.8, 4) is 11.1 Å². The highest BCUT2D eigenvalue weighted by Gasteiger charge is 2.43. The summed E-state index contributed by atoms with van der Waals surface area (Å²) in [5.74, 6) is 0. The van der Waals surface area contributed by atoms with Gasteiger partial charge >= 0.3 is 0 Å². The average molecular weight is 523 g/mol. The van der Waals surface area contributed by atoms with Crippen LogP contribution in [-0.4, -0.2) is 0 Å². The first kappa shape index (κ1) is 30.9. The first-order chi connectivity index (χ1) is 18.8. The molecule has 0 aromatic heterocycles. The van der Waals surface area contributed by atoms with Gasteiger partial charge in [0.15, 0.2) is 0 Å². The first-order valence-corrected chi connectivity index (χ1v) is 15.6. The minimum atomic E-state index is 0.0471. The topological polar surface area (TPSA) is 0 Å². The van der Waals surface area contributed by atoms with Crippen LogP contribution in [0.2, 0.25) is 0 Å². The highest BCUT2D eigenvalue weighted by molar-refractivity contribution is 5.82. The van der Waals surface area contributed by atoms with Gasteiger partial charge in [0.05, 0.1) is 0 Å². The lowest BCUT2D eigenvalue weighted by Gasteiger charge is -2.36. The van der Waals surface area contributed by atoms with Crippen LogP contribution in [-0.2, 0) is 16.2 Å². The van der Waals surface area contributed by atoms with E-state index in [0.717, 1.165) is 38.5 Å². The third-order valence-corrected chi connectivity index (χ3v) is 10.4. The van der Waals surface area contributed by atoms with E-state index in [0.29, 0.717) is 0 Å². The van der Waals surface area contributed by atoms with Gasteiger partial charge in [-0.25, -0.2) is 0 Å². The van der Waals surface area contributed by atoms with Crippen molar-refractivity contribution < 1.29 is 0 Å². The van der Waals surface area contributed by atoms with Gasteiger partial charge in [-0.15, -0.1) is 0 Å². The molecule has 0 nitrogen and oxygen atoms in total. The first-order valence-electron chi connectivity index (χ1n) is 15.6. The zero-order chi connectivity index (χ0) is 28.5. The van der Waals surface area contributed by atoms with Crippen LogP contribution < -0.4 is 0 Å².